The van der Waals surface area contributed by atoms with E-state index < -0.39 is 32.5 Å². The number of phosphoric ester groups is 1. The van der Waals surface area contributed by atoms with E-state index in [1.54, 1.807) is 0 Å². The van der Waals surface area contributed by atoms with Crippen molar-refractivity contribution in [1.29, 1.82) is 0 Å². The summed E-state index contributed by atoms with van der Waals surface area (Å²) in [6.45, 7) is 3.57. The maximum atomic E-state index is 12.5. The number of hydrogen-bond acceptors (Lipinski definition) is 6. The van der Waals surface area contributed by atoms with Crippen LogP contribution in [0.2, 0.25) is 0 Å². The summed E-state index contributed by atoms with van der Waals surface area (Å²) in [5.74, 6) is -0.898. The molecule has 0 heterocycles. The third-order valence-corrected chi connectivity index (χ3v) is 10.7. The third kappa shape index (κ3) is 48.2. The van der Waals surface area contributed by atoms with Gasteiger partial charge in [-0.15, -0.1) is 0 Å². The molecular formula is C51H89O8P. The first-order valence-electron chi connectivity index (χ1n) is 24.2. The molecule has 0 amide bonds. The lowest BCUT2D eigenvalue weighted by atomic mass is 10.1. The molecule has 346 valence electrons. The highest BCUT2D eigenvalue weighted by atomic mass is 31.2. The molecule has 0 aliphatic carbocycles. The number of esters is 2. The van der Waals surface area contributed by atoms with E-state index in [0.29, 0.717) is 6.42 Å². The first-order chi connectivity index (χ1) is 29.3. The predicted octanol–water partition coefficient (Wildman–Crippen LogP) is 15.4. The molecule has 0 spiro atoms. The Morgan fingerprint density at radius 3 is 1.20 bits per heavy atom. The number of ether oxygens (including phenoxy) is 2. The van der Waals surface area contributed by atoms with Crippen molar-refractivity contribution < 1.29 is 37.9 Å². The van der Waals surface area contributed by atoms with Crippen molar-refractivity contribution in [1.82, 2.24) is 0 Å². The molecule has 2 N–H and O–H groups in total. The lowest BCUT2D eigenvalue weighted by Gasteiger charge is -2.18. The van der Waals surface area contributed by atoms with Crippen LogP contribution < -0.4 is 0 Å². The maximum absolute atomic E-state index is 12.5. The second-order valence-corrected chi connectivity index (χ2v) is 17.3. The molecule has 0 aromatic rings. The lowest BCUT2D eigenvalue weighted by Crippen LogP contribution is -2.29. The van der Waals surface area contributed by atoms with Crippen LogP contribution in [0.25, 0.3) is 0 Å². The third-order valence-electron chi connectivity index (χ3n) is 10.2. The zero-order valence-electron chi connectivity index (χ0n) is 38.3. The van der Waals surface area contributed by atoms with E-state index in [-0.39, 0.29) is 19.4 Å². The lowest BCUT2D eigenvalue weighted by molar-refractivity contribution is -0.161. The maximum Gasteiger partial charge on any atom is 0.469 e. The topological polar surface area (TPSA) is 119 Å². The van der Waals surface area contributed by atoms with Gasteiger partial charge in [0, 0.05) is 12.8 Å². The standard InChI is InChI=1S/C51H89O8P/c1-3-5-7-9-11-13-15-17-19-21-23-25-27-29-31-33-35-37-39-41-43-45-50(52)57-47-49(48-58-60(54,55)56)59-51(53)46-44-42-40-38-36-34-32-30-28-26-24-22-20-18-16-14-12-10-8-6-4-2/h6,8,12,14-15,17-18,20-21,23-24,26,49H,3-5,7,9-11,13,16,19,22,25,27-48H2,1-2H3,(H2,54,55,56)/b8-6-,14-12-,17-15-,20-18-,23-21-,26-24-. The summed E-state index contributed by atoms with van der Waals surface area (Å²) >= 11 is 0. The molecule has 0 aliphatic heterocycles. The first-order valence-corrected chi connectivity index (χ1v) is 25.8. The Morgan fingerprint density at radius 1 is 0.450 bits per heavy atom. The zero-order chi connectivity index (χ0) is 43.9. The zero-order valence-corrected chi connectivity index (χ0v) is 39.2. The fourth-order valence-corrected chi connectivity index (χ4v) is 6.99. The van der Waals surface area contributed by atoms with Gasteiger partial charge in [0.05, 0.1) is 6.61 Å². The first kappa shape index (κ1) is 57.5. The molecule has 0 rings (SSSR count). The molecule has 0 aliphatic rings. The highest BCUT2D eigenvalue weighted by molar-refractivity contribution is 7.46. The quantitative estimate of drug-likeness (QED) is 0.0269. The van der Waals surface area contributed by atoms with Gasteiger partial charge < -0.3 is 19.3 Å². The second kappa shape index (κ2) is 46.0. The molecule has 0 bridgehead atoms. The monoisotopic (exact) mass is 861 g/mol. The minimum Gasteiger partial charge on any atom is -0.462 e. The van der Waals surface area contributed by atoms with Gasteiger partial charge in [-0.05, 0) is 83.5 Å². The molecule has 9 heteroatoms. The molecule has 1 atom stereocenters. The van der Waals surface area contributed by atoms with Crippen molar-refractivity contribution in [2.45, 2.75) is 225 Å². The molecule has 0 aromatic heterocycles. The van der Waals surface area contributed by atoms with E-state index in [1.165, 1.54) is 96.3 Å². The van der Waals surface area contributed by atoms with Crippen LogP contribution in [-0.4, -0.2) is 41.0 Å². The van der Waals surface area contributed by atoms with Crippen molar-refractivity contribution >= 4 is 19.8 Å². The Hall–Kier alpha value is -2.51. The van der Waals surface area contributed by atoms with Crippen LogP contribution in [0.1, 0.15) is 219 Å². The molecule has 0 aromatic carbocycles. The highest BCUT2D eigenvalue weighted by Crippen LogP contribution is 2.36. The van der Waals surface area contributed by atoms with Gasteiger partial charge >= 0.3 is 19.8 Å². The number of hydrogen-bond donors (Lipinski definition) is 2. The predicted molar refractivity (Wildman–Crippen MR) is 253 cm³/mol. The molecule has 0 radical (unpaired) electrons. The smallest absolute Gasteiger partial charge is 0.462 e. The number of carbonyl (C=O) groups excluding carboxylic acids is 2. The Bertz CT molecular complexity index is 1200. The molecule has 8 nitrogen and oxygen atoms in total. The number of rotatable bonds is 44. The highest BCUT2D eigenvalue weighted by Gasteiger charge is 2.23. The summed E-state index contributed by atoms with van der Waals surface area (Å²) in [6.07, 6.45) is 60.5. The van der Waals surface area contributed by atoms with E-state index >= 15 is 0 Å². The molecule has 1 unspecified atom stereocenters. The Morgan fingerprint density at radius 2 is 0.800 bits per heavy atom. The number of carbonyl (C=O) groups is 2. The van der Waals surface area contributed by atoms with Crippen LogP contribution >= 0.6 is 7.82 Å². The van der Waals surface area contributed by atoms with Crippen LogP contribution in [-0.2, 0) is 28.2 Å². The number of phosphoric acid groups is 1. The van der Waals surface area contributed by atoms with Gasteiger partial charge in [-0.25, -0.2) is 4.57 Å². The van der Waals surface area contributed by atoms with Crippen LogP contribution in [0.4, 0.5) is 0 Å². The number of unbranched alkanes of at least 4 members (excludes halogenated alkanes) is 22. The summed E-state index contributed by atoms with van der Waals surface area (Å²) < 4.78 is 26.5. The van der Waals surface area contributed by atoms with Gasteiger partial charge in [0.2, 0.25) is 0 Å². The Balaban J connectivity index is 3.88. The fraction of sp³-hybridized carbons (Fsp3) is 0.725. The van der Waals surface area contributed by atoms with E-state index in [4.69, 9.17) is 19.3 Å². The fourth-order valence-electron chi connectivity index (χ4n) is 6.63. The van der Waals surface area contributed by atoms with Crippen molar-refractivity contribution in [3.63, 3.8) is 0 Å². The van der Waals surface area contributed by atoms with Crippen LogP contribution in [0.5, 0.6) is 0 Å². The van der Waals surface area contributed by atoms with Crippen molar-refractivity contribution in [3.8, 4) is 0 Å². The largest absolute Gasteiger partial charge is 0.469 e. The van der Waals surface area contributed by atoms with Gasteiger partial charge in [-0.2, -0.15) is 0 Å². The van der Waals surface area contributed by atoms with Crippen molar-refractivity contribution in [3.05, 3.63) is 72.9 Å². The van der Waals surface area contributed by atoms with Crippen molar-refractivity contribution in [2.24, 2.45) is 0 Å². The summed E-state index contributed by atoms with van der Waals surface area (Å²) in [5.41, 5.74) is 0. The van der Waals surface area contributed by atoms with Gasteiger partial charge in [0.25, 0.3) is 0 Å². The molecule has 60 heavy (non-hydrogen) atoms. The average molecular weight is 861 g/mol. The Kier molecular flexibility index (Phi) is 44.1. The number of allylic oxidation sites excluding steroid dienone is 12. The SMILES string of the molecule is CC/C=C\C/C=C\C/C=C\C/C=C\CCCCCCCCCCC(=O)OC(COC(=O)CCCCCCCCCCC/C=C\C/C=C\CCCCCCC)COP(=O)(O)O. The summed E-state index contributed by atoms with van der Waals surface area (Å²) in [4.78, 5) is 43.1. The minimum atomic E-state index is -4.77. The molecule has 0 saturated heterocycles. The normalized spacial score (nSPS) is 13.1. The minimum absolute atomic E-state index is 0.198. The van der Waals surface area contributed by atoms with Gasteiger partial charge in [-0.3, -0.25) is 14.1 Å². The molecular weight excluding hydrogens is 772 g/mol. The summed E-state index contributed by atoms with van der Waals surface area (Å²) in [7, 11) is -4.77. The molecule has 0 saturated carbocycles. The molecule has 0 fully saturated rings. The van der Waals surface area contributed by atoms with E-state index in [2.05, 4.69) is 91.3 Å². The Labute approximate surface area is 368 Å². The van der Waals surface area contributed by atoms with E-state index in [0.717, 1.165) is 89.9 Å². The van der Waals surface area contributed by atoms with Gasteiger partial charge in [0.1, 0.15) is 6.61 Å². The van der Waals surface area contributed by atoms with Gasteiger partial charge in [-0.1, -0.05) is 196 Å². The summed E-state index contributed by atoms with van der Waals surface area (Å²) in [5, 5.41) is 0. The van der Waals surface area contributed by atoms with Crippen LogP contribution in [0.15, 0.2) is 72.9 Å². The van der Waals surface area contributed by atoms with Crippen molar-refractivity contribution in [2.75, 3.05) is 13.2 Å². The summed E-state index contributed by atoms with van der Waals surface area (Å²) in [6, 6.07) is 0. The van der Waals surface area contributed by atoms with Gasteiger partial charge in [0.15, 0.2) is 6.10 Å². The van der Waals surface area contributed by atoms with Crippen LogP contribution in [0.3, 0.4) is 0 Å². The van der Waals surface area contributed by atoms with E-state index in [9.17, 15) is 14.2 Å². The van der Waals surface area contributed by atoms with Crippen LogP contribution in [0, 0.1) is 0 Å². The van der Waals surface area contributed by atoms with E-state index in [1.807, 2.05) is 0 Å². The average Bonchev–Trinajstić information content (AvgIpc) is 3.22. The second-order valence-electron chi connectivity index (χ2n) is 16.1.